The lowest BCUT2D eigenvalue weighted by Gasteiger charge is -2.25. The third kappa shape index (κ3) is 2.88. The molecule has 2 heterocycles. The van der Waals surface area contributed by atoms with Gasteiger partial charge in [0.1, 0.15) is 5.82 Å². The number of H-pyrrole nitrogens is 1. The van der Waals surface area contributed by atoms with Gasteiger partial charge in [0.05, 0.1) is 6.04 Å². The van der Waals surface area contributed by atoms with Gasteiger partial charge in [-0.15, -0.1) is 0 Å². The fourth-order valence-corrected chi connectivity index (χ4v) is 2.50. The van der Waals surface area contributed by atoms with Crippen molar-refractivity contribution < 1.29 is 4.79 Å². The number of fused-ring (bicyclic) bond motifs is 1. The van der Waals surface area contributed by atoms with Crippen molar-refractivity contribution in [3.05, 3.63) is 53.6 Å². The molecule has 1 amide bonds. The number of carbonyl (C=O) groups is 1. The summed E-state index contributed by atoms with van der Waals surface area (Å²) in [5.41, 5.74) is 2.55. The summed E-state index contributed by atoms with van der Waals surface area (Å²) >= 11 is 0. The topological polar surface area (TPSA) is 69.8 Å². The highest BCUT2D eigenvalue weighted by molar-refractivity contribution is 5.82. The first-order chi connectivity index (χ1) is 9.83. The van der Waals surface area contributed by atoms with Gasteiger partial charge in [-0.2, -0.15) is 0 Å². The van der Waals surface area contributed by atoms with Crippen LogP contribution in [0.15, 0.2) is 36.7 Å². The zero-order chi connectivity index (χ0) is 13.8. The van der Waals surface area contributed by atoms with Crippen LogP contribution in [0.2, 0.25) is 0 Å². The van der Waals surface area contributed by atoms with E-state index in [1.807, 2.05) is 12.1 Å². The summed E-state index contributed by atoms with van der Waals surface area (Å²) in [4.78, 5) is 19.3. The molecular weight excluding hydrogens is 252 g/mol. The molecule has 20 heavy (non-hydrogen) atoms. The van der Waals surface area contributed by atoms with E-state index in [-0.39, 0.29) is 11.9 Å². The number of hydrogen-bond donors (Lipinski definition) is 3. The van der Waals surface area contributed by atoms with Crippen molar-refractivity contribution >= 4 is 5.91 Å². The number of aromatic amines is 1. The zero-order valence-corrected chi connectivity index (χ0v) is 11.2. The lowest BCUT2D eigenvalue weighted by molar-refractivity contribution is -0.123. The van der Waals surface area contributed by atoms with Gasteiger partial charge in [-0.25, -0.2) is 4.98 Å². The van der Waals surface area contributed by atoms with Crippen molar-refractivity contribution in [1.29, 1.82) is 0 Å². The first-order valence-corrected chi connectivity index (χ1v) is 6.89. The molecule has 0 spiro atoms. The quantitative estimate of drug-likeness (QED) is 0.769. The van der Waals surface area contributed by atoms with E-state index in [9.17, 15) is 4.79 Å². The highest BCUT2D eigenvalue weighted by atomic mass is 16.2. The van der Waals surface area contributed by atoms with Crippen LogP contribution in [0.1, 0.15) is 17.0 Å². The van der Waals surface area contributed by atoms with Gasteiger partial charge in [0.25, 0.3) is 0 Å². The minimum absolute atomic E-state index is 0.0612. The molecule has 0 saturated carbocycles. The fraction of sp³-hybridized carbons (Fsp3) is 0.333. The molecule has 3 rings (SSSR count). The Hall–Kier alpha value is -2.14. The minimum atomic E-state index is -0.137. The largest absolute Gasteiger partial charge is 0.354 e. The number of hydrogen-bond acceptors (Lipinski definition) is 3. The third-order valence-electron chi connectivity index (χ3n) is 3.61. The molecule has 5 heteroatoms. The summed E-state index contributed by atoms with van der Waals surface area (Å²) < 4.78 is 0. The molecule has 2 aromatic rings. The summed E-state index contributed by atoms with van der Waals surface area (Å²) in [6, 6.07) is 8.12. The van der Waals surface area contributed by atoms with Gasteiger partial charge in [0.15, 0.2) is 0 Å². The minimum Gasteiger partial charge on any atom is -0.354 e. The standard InChI is InChI=1S/C15H18N4O/c20-15(18-6-5-14-16-7-8-17-14)13-9-11-3-1-2-4-12(11)10-19-13/h1-4,7-8,13,19H,5-6,9-10H2,(H,16,17)(H,18,20). The van der Waals surface area contributed by atoms with Gasteiger partial charge in [-0.3, -0.25) is 4.79 Å². The average molecular weight is 270 g/mol. The average Bonchev–Trinajstić information content (AvgIpc) is 3.00. The maximum atomic E-state index is 12.1. The van der Waals surface area contributed by atoms with E-state index in [4.69, 9.17) is 0 Å². The van der Waals surface area contributed by atoms with Crippen LogP contribution in [0.4, 0.5) is 0 Å². The van der Waals surface area contributed by atoms with E-state index in [0.717, 1.165) is 25.2 Å². The number of nitrogens with zero attached hydrogens (tertiary/aromatic N) is 1. The molecule has 0 aliphatic carbocycles. The Morgan fingerprint density at radius 3 is 3.00 bits per heavy atom. The van der Waals surface area contributed by atoms with Gasteiger partial charge in [-0.1, -0.05) is 24.3 Å². The second-order valence-corrected chi connectivity index (χ2v) is 4.98. The molecular formula is C15H18N4O. The molecule has 0 saturated heterocycles. The van der Waals surface area contributed by atoms with Gasteiger partial charge < -0.3 is 15.6 Å². The number of amides is 1. The number of imidazole rings is 1. The SMILES string of the molecule is O=C(NCCc1ncc[nH]1)C1Cc2ccccc2CN1. The number of benzene rings is 1. The van der Waals surface area contributed by atoms with E-state index in [1.165, 1.54) is 11.1 Å². The second-order valence-electron chi connectivity index (χ2n) is 4.98. The van der Waals surface area contributed by atoms with Crippen molar-refractivity contribution in [3.8, 4) is 0 Å². The van der Waals surface area contributed by atoms with Crippen molar-refractivity contribution in [3.63, 3.8) is 0 Å². The van der Waals surface area contributed by atoms with E-state index >= 15 is 0 Å². The van der Waals surface area contributed by atoms with Crippen molar-refractivity contribution in [2.24, 2.45) is 0 Å². The Morgan fingerprint density at radius 2 is 2.20 bits per heavy atom. The monoisotopic (exact) mass is 270 g/mol. The first-order valence-electron chi connectivity index (χ1n) is 6.89. The number of rotatable bonds is 4. The summed E-state index contributed by atoms with van der Waals surface area (Å²) in [7, 11) is 0. The van der Waals surface area contributed by atoms with E-state index < -0.39 is 0 Å². The zero-order valence-electron chi connectivity index (χ0n) is 11.2. The summed E-state index contributed by atoms with van der Waals surface area (Å²) in [6.45, 7) is 1.36. The summed E-state index contributed by atoms with van der Waals surface area (Å²) in [5.74, 6) is 0.957. The molecule has 1 aliphatic rings. The molecule has 1 atom stereocenters. The van der Waals surface area contributed by atoms with Gasteiger partial charge >= 0.3 is 0 Å². The first kappa shape index (κ1) is 12.9. The molecule has 1 unspecified atom stereocenters. The Balaban J connectivity index is 1.51. The van der Waals surface area contributed by atoms with E-state index in [2.05, 4.69) is 32.7 Å². The molecule has 1 aliphatic heterocycles. The number of carbonyl (C=O) groups excluding carboxylic acids is 1. The number of nitrogens with one attached hydrogen (secondary N) is 3. The molecule has 1 aromatic heterocycles. The fourth-order valence-electron chi connectivity index (χ4n) is 2.50. The summed E-state index contributed by atoms with van der Waals surface area (Å²) in [5, 5.41) is 6.24. The maximum absolute atomic E-state index is 12.1. The van der Waals surface area contributed by atoms with E-state index in [1.54, 1.807) is 12.4 Å². The predicted molar refractivity (Wildman–Crippen MR) is 76.1 cm³/mol. The van der Waals surface area contributed by atoms with Crippen LogP contribution in [0.3, 0.4) is 0 Å². The lowest BCUT2D eigenvalue weighted by Crippen LogP contribution is -2.48. The molecule has 0 fully saturated rings. The van der Waals surface area contributed by atoms with Crippen LogP contribution in [-0.2, 0) is 24.2 Å². The van der Waals surface area contributed by atoms with Gasteiger partial charge in [-0.05, 0) is 17.5 Å². The van der Waals surface area contributed by atoms with Crippen LogP contribution in [0, 0.1) is 0 Å². The van der Waals surface area contributed by atoms with E-state index in [0.29, 0.717) is 6.54 Å². The highest BCUT2D eigenvalue weighted by Crippen LogP contribution is 2.16. The normalized spacial score (nSPS) is 17.5. The Morgan fingerprint density at radius 1 is 1.35 bits per heavy atom. The van der Waals surface area contributed by atoms with Crippen molar-refractivity contribution in [2.45, 2.75) is 25.4 Å². The third-order valence-corrected chi connectivity index (χ3v) is 3.61. The second kappa shape index (κ2) is 5.88. The predicted octanol–water partition coefficient (Wildman–Crippen LogP) is 0.783. The summed E-state index contributed by atoms with van der Waals surface area (Å²) in [6.07, 6.45) is 4.98. The van der Waals surface area contributed by atoms with Crippen LogP contribution in [-0.4, -0.2) is 28.5 Å². The molecule has 1 aromatic carbocycles. The Kier molecular flexibility index (Phi) is 3.78. The number of aromatic nitrogens is 2. The molecule has 0 radical (unpaired) electrons. The van der Waals surface area contributed by atoms with Crippen molar-refractivity contribution in [2.75, 3.05) is 6.54 Å². The van der Waals surface area contributed by atoms with Gasteiger partial charge in [0, 0.05) is 31.9 Å². The van der Waals surface area contributed by atoms with Crippen LogP contribution >= 0.6 is 0 Å². The maximum Gasteiger partial charge on any atom is 0.237 e. The molecule has 3 N–H and O–H groups in total. The van der Waals surface area contributed by atoms with Crippen LogP contribution < -0.4 is 10.6 Å². The molecule has 104 valence electrons. The Labute approximate surface area is 117 Å². The van der Waals surface area contributed by atoms with Gasteiger partial charge in [0.2, 0.25) is 5.91 Å². The van der Waals surface area contributed by atoms with Crippen LogP contribution in [0.25, 0.3) is 0 Å². The smallest absolute Gasteiger partial charge is 0.237 e. The van der Waals surface area contributed by atoms with Crippen molar-refractivity contribution in [1.82, 2.24) is 20.6 Å². The highest BCUT2D eigenvalue weighted by Gasteiger charge is 2.23. The molecule has 5 nitrogen and oxygen atoms in total. The Bertz CT molecular complexity index is 579. The molecule has 0 bridgehead atoms. The van der Waals surface area contributed by atoms with Crippen LogP contribution in [0.5, 0.6) is 0 Å². The lowest BCUT2D eigenvalue weighted by atomic mass is 9.95.